The monoisotopic (exact) mass is 482 g/mol. The fraction of sp³-hybridized carbons (Fsp3) is 0.947. The molecule has 0 aromatic carbocycles. The number of nitrogens with zero attached hydrogens (tertiary/aromatic N) is 2. The Morgan fingerprint density at radius 1 is 1.23 bits per heavy atom. The van der Waals surface area contributed by atoms with Gasteiger partial charge < -0.3 is 20.5 Å². The quantitative estimate of drug-likeness (QED) is 0.267. The Morgan fingerprint density at radius 2 is 1.96 bits per heavy atom. The van der Waals surface area contributed by atoms with Gasteiger partial charge in [0.1, 0.15) is 0 Å². The van der Waals surface area contributed by atoms with Crippen molar-refractivity contribution in [1.29, 1.82) is 0 Å². The average Bonchev–Trinajstić information content (AvgIpc) is 3.23. The molecule has 2 aliphatic rings. The van der Waals surface area contributed by atoms with Crippen LogP contribution in [-0.2, 0) is 4.74 Å². The topological polar surface area (TPSA) is 69.1 Å². The second-order valence-electron chi connectivity index (χ2n) is 7.87. The lowest BCUT2D eigenvalue weighted by molar-refractivity contribution is 0.0301. The molecular weight excluding hydrogens is 443 g/mol. The van der Waals surface area contributed by atoms with Gasteiger partial charge in [-0.1, -0.05) is 26.7 Å². The fourth-order valence-corrected chi connectivity index (χ4v) is 3.71. The van der Waals surface area contributed by atoms with Crippen molar-refractivity contribution < 1.29 is 9.84 Å². The highest BCUT2D eigenvalue weighted by molar-refractivity contribution is 14.0. The fourth-order valence-electron chi connectivity index (χ4n) is 3.71. The summed E-state index contributed by atoms with van der Waals surface area (Å²) in [5.41, 5.74) is 0. The maximum atomic E-state index is 10.0. The maximum absolute atomic E-state index is 10.0. The number of aliphatic imine (C=N–C) groups is 1. The SMILES string of the molecule is CCNC(=NCC(O)COCC(C)C)NC1CCN(C2CCCC2)C1.I. The van der Waals surface area contributed by atoms with Crippen LogP contribution in [0.1, 0.15) is 52.9 Å². The van der Waals surface area contributed by atoms with Gasteiger partial charge in [0, 0.05) is 38.3 Å². The molecule has 26 heavy (non-hydrogen) atoms. The average molecular weight is 482 g/mol. The number of hydrogen-bond donors (Lipinski definition) is 3. The molecule has 0 radical (unpaired) electrons. The van der Waals surface area contributed by atoms with E-state index in [-0.39, 0.29) is 24.0 Å². The summed E-state index contributed by atoms with van der Waals surface area (Å²) in [6.45, 7) is 10.8. The van der Waals surface area contributed by atoms with Gasteiger partial charge in [0.25, 0.3) is 0 Å². The maximum Gasteiger partial charge on any atom is 0.191 e. The normalized spacial score (nSPS) is 23.3. The third-order valence-corrected chi connectivity index (χ3v) is 4.97. The zero-order valence-corrected chi connectivity index (χ0v) is 19.1. The summed E-state index contributed by atoms with van der Waals surface area (Å²) in [5, 5.41) is 16.9. The number of aliphatic hydroxyl groups is 1. The smallest absolute Gasteiger partial charge is 0.191 e. The molecule has 2 atom stereocenters. The van der Waals surface area contributed by atoms with E-state index in [1.54, 1.807) is 0 Å². The molecule has 0 bridgehead atoms. The van der Waals surface area contributed by atoms with Crippen molar-refractivity contribution in [2.45, 2.75) is 71.1 Å². The van der Waals surface area contributed by atoms with Gasteiger partial charge in [-0.3, -0.25) is 9.89 Å². The van der Waals surface area contributed by atoms with Crippen LogP contribution in [0.3, 0.4) is 0 Å². The summed E-state index contributed by atoms with van der Waals surface area (Å²) in [6, 6.07) is 1.25. The van der Waals surface area contributed by atoms with Gasteiger partial charge in [0.05, 0.1) is 19.3 Å². The third kappa shape index (κ3) is 8.71. The van der Waals surface area contributed by atoms with Crippen LogP contribution in [0.25, 0.3) is 0 Å². The molecule has 2 unspecified atom stereocenters. The number of guanidine groups is 1. The Morgan fingerprint density at radius 3 is 2.62 bits per heavy atom. The Labute approximate surface area is 176 Å². The highest BCUT2D eigenvalue weighted by Crippen LogP contribution is 2.26. The van der Waals surface area contributed by atoms with E-state index in [0.717, 1.165) is 25.1 Å². The molecular formula is C19H39IN4O2. The van der Waals surface area contributed by atoms with Gasteiger partial charge in [0.15, 0.2) is 5.96 Å². The first-order valence-electron chi connectivity index (χ1n) is 10.1. The molecule has 0 amide bonds. The summed E-state index contributed by atoms with van der Waals surface area (Å²) in [5.74, 6) is 1.29. The molecule has 6 nitrogen and oxygen atoms in total. The molecule has 0 aromatic rings. The van der Waals surface area contributed by atoms with Crippen molar-refractivity contribution in [2.24, 2.45) is 10.9 Å². The first-order valence-corrected chi connectivity index (χ1v) is 10.1. The molecule has 0 aromatic heterocycles. The van der Waals surface area contributed by atoms with Crippen LogP contribution in [-0.4, -0.2) is 73.5 Å². The van der Waals surface area contributed by atoms with Gasteiger partial charge in [0.2, 0.25) is 0 Å². The predicted octanol–water partition coefficient (Wildman–Crippen LogP) is 2.21. The van der Waals surface area contributed by atoms with Crippen LogP contribution in [0, 0.1) is 5.92 Å². The molecule has 2 rings (SSSR count). The minimum absolute atomic E-state index is 0. The highest BCUT2D eigenvalue weighted by atomic mass is 127. The van der Waals surface area contributed by atoms with E-state index in [9.17, 15) is 5.11 Å². The first kappa shape index (κ1) is 23.9. The number of nitrogens with one attached hydrogen (secondary N) is 2. The van der Waals surface area contributed by atoms with Crippen LogP contribution < -0.4 is 10.6 Å². The first-order chi connectivity index (χ1) is 12.1. The van der Waals surface area contributed by atoms with Crippen LogP contribution in [0.2, 0.25) is 0 Å². The van der Waals surface area contributed by atoms with E-state index in [4.69, 9.17) is 4.74 Å². The number of ether oxygens (including phenoxy) is 1. The summed E-state index contributed by atoms with van der Waals surface area (Å²) < 4.78 is 5.49. The van der Waals surface area contributed by atoms with Crippen molar-refractivity contribution in [3.8, 4) is 0 Å². The molecule has 2 fully saturated rings. The number of halogens is 1. The van der Waals surface area contributed by atoms with Crippen LogP contribution in [0.4, 0.5) is 0 Å². The van der Waals surface area contributed by atoms with E-state index in [1.807, 2.05) is 0 Å². The molecule has 1 aliphatic heterocycles. The molecule has 1 aliphatic carbocycles. The molecule has 3 N–H and O–H groups in total. The standard InChI is InChI=1S/C19H38N4O2.HI/c1-4-20-19(21-11-18(24)14-25-13-15(2)3)22-16-9-10-23(12-16)17-7-5-6-8-17;/h15-18,24H,4-14H2,1-3H3,(H2,20,21,22);1H. The highest BCUT2D eigenvalue weighted by Gasteiger charge is 2.30. The van der Waals surface area contributed by atoms with Crippen LogP contribution in [0.15, 0.2) is 4.99 Å². The number of rotatable bonds is 9. The van der Waals surface area contributed by atoms with Crippen molar-refractivity contribution in [2.75, 3.05) is 39.4 Å². The lowest BCUT2D eigenvalue weighted by atomic mass is 10.2. The van der Waals surface area contributed by atoms with Crippen LogP contribution >= 0.6 is 24.0 Å². The van der Waals surface area contributed by atoms with Gasteiger partial charge in [-0.15, -0.1) is 24.0 Å². The molecule has 1 saturated carbocycles. The van der Waals surface area contributed by atoms with Gasteiger partial charge in [-0.25, -0.2) is 0 Å². The molecule has 1 heterocycles. The minimum Gasteiger partial charge on any atom is -0.389 e. The zero-order valence-electron chi connectivity index (χ0n) is 16.7. The lowest BCUT2D eigenvalue weighted by Gasteiger charge is -2.24. The summed E-state index contributed by atoms with van der Waals surface area (Å²) in [6.07, 6.45) is 6.13. The van der Waals surface area contributed by atoms with Gasteiger partial charge >= 0.3 is 0 Å². The summed E-state index contributed by atoms with van der Waals surface area (Å²) >= 11 is 0. The summed E-state index contributed by atoms with van der Waals surface area (Å²) in [4.78, 5) is 7.18. The van der Waals surface area contributed by atoms with E-state index in [1.165, 1.54) is 38.6 Å². The Balaban J connectivity index is 0.00000338. The molecule has 154 valence electrons. The van der Waals surface area contributed by atoms with Crippen molar-refractivity contribution >= 4 is 29.9 Å². The second kappa shape index (κ2) is 13.1. The molecule has 7 heteroatoms. The molecule has 0 spiro atoms. The Hall–Kier alpha value is -0.120. The van der Waals surface area contributed by atoms with Crippen molar-refractivity contribution in [3.05, 3.63) is 0 Å². The van der Waals surface area contributed by atoms with E-state index < -0.39 is 6.10 Å². The Kier molecular flexibility index (Phi) is 12.1. The molecule has 1 saturated heterocycles. The number of aliphatic hydroxyl groups excluding tert-OH is 1. The third-order valence-electron chi connectivity index (χ3n) is 4.97. The summed E-state index contributed by atoms with van der Waals surface area (Å²) in [7, 11) is 0. The van der Waals surface area contributed by atoms with E-state index in [2.05, 4.69) is 41.3 Å². The van der Waals surface area contributed by atoms with Crippen molar-refractivity contribution in [3.63, 3.8) is 0 Å². The van der Waals surface area contributed by atoms with Crippen LogP contribution in [0.5, 0.6) is 0 Å². The van der Waals surface area contributed by atoms with Gasteiger partial charge in [-0.05, 0) is 32.1 Å². The Bertz CT molecular complexity index is 403. The van der Waals surface area contributed by atoms with Crippen molar-refractivity contribution in [1.82, 2.24) is 15.5 Å². The second-order valence-corrected chi connectivity index (χ2v) is 7.87. The predicted molar refractivity (Wildman–Crippen MR) is 118 cm³/mol. The lowest BCUT2D eigenvalue weighted by Crippen LogP contribution is -2.45. The number of hydrogen-bond acceptors (Lipinski definition) is 4. The van der Waals surface area contributed by atoms with E-state index >= 15 is 0 Å². The number of likely N-dealkylation sites (tertiary alicyclic amines) is 1. The van der Waals surface area contributed by atoms with Gasteiger partial charge in [-0.2, -0.15) is 0 Å². The largest absolute Gasteiger partial charge is 0.389 e. The minimum atomic E-state index is -0.548. The van der Waals surface area contributed by atoms with E-state index in [0.29, 0.717) is 31.7 Å². The zero-order chi connectivity index (χ0) is 18.1.